The maximum Gasteiger partial charge on any atom is 0.329 e. The van der Waals surface area contributed by atoms with E-state index in [0.717, 1.165) is 32.1 Å². The molecule has 0 aliphatic heterocycles. The number of urea groups is 1. The summed E-state index contributed by atoms with van der Waals surface area (Å²) < 4.78 is 0. The number of hydrogen-bond donors (Lipinski definition) is 3. The second-order valence-electron chi connectivity index (χ2n) is 5.86. The first-order chi connectivity index (χ1) is 8.96. The van der Waals surface area contributed by atoms with Gasteiger partial charge in [0.15, 0.2) is 0 Å². The normalized spacial score (nSPS) is 18.7. The molecule has 0 radical (unpaired) electrons. The van der Waals surface area contributed by atoms with E-state index in [1.807, 2.05) is 0 Å². The van der Waals surface area contributed by atoms with Crippen LogP contribution in [0.3, 0.4) is 0 Å². The van der Waals surface area contributed by atoms with E-state index in [1.54, 1.807) is 0 Å². The van der Waals surface area contributed by atoms with Crippen LogP contribution in [0.25, 0.3) is 0 Å². The molecule has 0 heterocycles. The number of aliphatic carboxylic acids is 1. The molecule has 19 heavy (non-hydrogen) atoms. The average molecular weight is 270 g/mol. The molecule has 1 aliphatic rings. The highest BCUT2D eigenvalue weighted by molar-refractivity contribution is 5.86. The Balaban J connectivity index is 2.52. The monoisotopic (exact) mass is 270 g/mol. The number of hydrogen-bond acceptors (Lipinski definition) is 2. The Morgan fingerprint density at radius 3 is 2.21 bits per heavy atom. The van der Waals surface area contributed by atoms with Crippen LogP contribution in [-0.2, 0) is 4.79 Å². The van der Waals surface area contributed by atoms with Crippen LogP contribution in [0.5, 0.6) is 0 Å². The number of carbonyl (C=O) groups excluding carboxylic acids is 1. The molecule has 5 heteroatoms. The molecule has 1 aliphatic carbocycles. The molecule has 1 saturated carbocycles. The van der Waals surface area contributed by atoms with Crippen molar-refractivity contribution < 1.29 is 14.7 Å². The van der Waals surface area contributed by atoms with Crippen LogP contribution in [-0.4, -0.2) is 29.2 Å². The molecule has 0 aromatic carbocycles. The minimum Gasteiger partial charge on any atom is -0.480 e. The molecular weight excluding hydrogens is 244 g/mol. The SMILES string of the molecule is CC(C)CCNC(=O)NC1(C(=O)O)CCCCCC1. The molecule has 1 rings (SSSR count). The van der Waals surface area contributed by atoms with Crippen molar-refractivity contribution in [1.82, 2.24) is 10.6 Å². The third kappa shape index (κ3) is 5.09. The summed E-state index contributed by atoms with van der Waals surface area (Å²) in [5.41, 5.74) is -1.07. The van der Waals surface area contributed by atoms with Crippen molar-refractivity contribution in [3.05, 3.63) is 0 Å². The fourth-order valence-electron chi connectivity index (χ4n) is 2.46. The molecule has 0 atom stereocenters. The maximum atomic E-state index is 11.8. The van der Waals surface area contributed by atoms with Gasteiger partial charge in [0.25, 0.3) is 0 Å². The Morgan fingerprint density at radius 2 is 1.74 bits per heavy atom. The van der Waals surface area contributed by atoms with Crippen LogP contribution < -0.4 is 10.6 Å². The van der Waals surface area contributed by atoms with Gasteiger partial charge < -0.3 is 15.7 Å². The van der Waals surface area contributed by atoms with Crippen molar-refractivity contribution in [2.75, 3.05) is 6.54 Å². The van der Waals surface area contributed by atoms with Crippen molar-refractivity contribution in [3.63, 3.8) is 0 Å². The fraction of sp³-hybridized carbons (Fsp3) is 0.857. The van der Waals surface area contributed by atoms with Gasteiger partial charge in [-0.15, -0.1) is 0 Å². The van der Waals surface area contributed by atoms with E-state index in [-0.39, 0.29) is 6.03 Å². The fourth-order valence-corrected chi connectivity index (χ4v) is 2.46. The standard InChI is InChI=1S/C14H26N2O3/c1-11(2)7-10-15-13(19)16-14(12(17)18)8-5-3-4-6-9-14/h11H,3-10H2,1-2H3,(H,17,18)(H2,15,16,19). The molecule has 5 nitrogen and oxygen atoms in total. The number of carbonyl (C=O) groups is 2. The van der Waals surface area contributed by atoms with Crippen LogP contribution in [0.2, 0.25) is 0 Å². The Morgan fingerprint density at radius 1 is 1.16 bits per heavy atom. The number of amides is 2. The highest BCUT2D eigenvalue weighted by Crippen LogP contribution is 2.27. The van der Waals surface area contributed by atoms with Gasteiger partial charge in [-0.1, -0.05) is 39.5 Å². The molecule has 0 bridgehead atoms. The highest BCUT2D eigenvalue weighted by Gasteiger charge is 2.39. The number of carboxylic acids is 1. The maximum absolute atomic E-state index is 11.8. The molecule has 0 aromatic heterocycles. The van der Waals surface area contributed by atoms with Gasteiger partial charge in [-0.05, 0) is 25.2 Å². The minimum atomic E-state index is -1.07. The van der Waals surface area contributed by atoms with Crippen molar-refractivity contribution in [2.45, 2.75) is 64.3 Å². The van der Waals surface area contributed by atoms with Gasteiger partial charge in [0, 0.05) is 6.54 Å². The molecule has 0 aromatic rings. The smallest absolute Gasteiger partial charge is 0.329 e. The van der Waals surface area contributed by atoms with E-state index >= 15 is 0 Å². The van der Waals surface area contributed by atoms with E-state index < -0.39 is 11.5 Å². The molecule has 1 fully saturated rings. The number of nitrogens with one attached hydrogen (secondary N) is 2. The molecule has 0 saturated heterocycles. The van der Waals surface area contributed by atoms with Crippen LogP contribution in [0.4, 0.5) is 4.79 Å². The second kappa shape index (κ2) is 7.36. The molecule has 2 amide bonds. The Labute approximate surface area is 115 Å². The average Bonchev–Trinajstić information content (AvgIpc) is 2.55. The highest BCUT2D eigenvalue weighted by atomic mass is 16.4. The molecular formula is C14H26N2O3. The van der Waals surface area contributed by atoms with Gasteiger partial charge in [-0.2, -0.15) is 0 Å². The van der Waals surface area contributed by atoms with Gasteiger partial charge in [0.1, 0.15) is 5.54 Å². The summed E-state index contributed by atoms with van der Waals surface area (Å²) in [6, 6.07) is -0.357. The van der Waals surface area contributed by atoms with E-state index in [4.69, 9.17) is 0 Å². The molecule has 0 unspecified atom stereocenters. The van der Waals surface area contributed by atoms with E-state index in [1.165, 1.54) is 0 Å². The van der Waals surface area contributed by atoms with Crippen LogP contribution >= 0.6 is 0 Å². The topological polar surface area (TPSA) is 78.4 Å². The molecule has 3 N–H and O–H groups in total. The lowest BCUT2D eigenvalue weighted by molar-refractivity contribution is -0.145. The largest absolute Gasteiger partial charge is 0.480 e. The Kier molecular flexibility index (Phi) is 6.12. The van der Waals surface area contributed by atoms with Crippen molar-refractivity contribution in [2.24, 2.45) is 5.92 Å². The zero-order valence-electron chi connectivity index (χ0n) is 12.0. The predicted molar refractivity (Wildman–Crippen MR) is 74.1 cm³/mol. The first-order valence-electron chi connectivity index (χ1n) is 7.26. The summed E-state index contributed by atoms with van der Waals surface area (Å²) in [4.78, 5) is 23.3. The summed E-state index contributed by atoms with van der Waals surface area (Å²) in [5, 5.41) is 14.9. The number of carboxylic acid groups (broad SMARTS) is 1. The zero-order chi connectivity index (χ0) is 14.3. The van der Waals surface area contributed by atoms with Crippen molar-refractivity contribution in [3.8, 4) is 0 Å². The number of rotatable bonds is 5. The summed E-state index contributed by atoms with van der Waals surface area (Å²) in [6.07, 6.45) is 5.77. The van der Waals surface area contributed by atoms with Crippen LogP contribution in [0, 0.1) is 5.92 Å². The van der Waals surface area contributed by atoms with Gasteiger partial charge >= 0.3 is 12.0 Å². The predicted octanol–water partition coefficient (Wildman–Crippen LogP) is 2.51. The Bertz CT molecular complexity index is 308. The van der Waals surface area contributed by atoms with Crippen molar-refractivity contribution >= 4 is 12.0 Å². The van der Waals surface area contributed by atoms with Crippen LogP contribution in [0.1, 0.15) is 58.8 Å². The van der Waals surface area contributed by atoms with E-state index in [2.05, 4.69) is 24.5 Å². The second-order valence-corrected chi connectivity index (χ2v) is 5.86. The van der Waals surface area contributed by atoms with Crippen LogP contribution in [0.15, 0.2) is 0 Å². The summed E-state index contributed by atoms with van der Waals surface area (Å²) >= 11 is 0. The lowest BCUT2D eigenvalue weighted by Gasteiger charge is -2.29. The lowest BCUT2D eigenvalue weighted by atomic mass is 9.90. The zero-order valence-corrected chi connectivity index (χ0v) is 12.0. The quantitative estimate of drug-likeness (QED) is 0.672. The first-order valence-corrected chi connectivity index (χ1v) is 7.26. The summed E-state index contributed by atoms with van der Waals surface area (Å²) in [5.74, 6) is -0.389. The van der Waals surface area contributed by atoms with E-state index in [9.17, 15) is 14.7 Å². The van der Waals surface area contributed by atoms with E-state index in [0.29, 0.717) is 25.3 Å². The third-order valence-corrected chi connectivity index (χ3v) is 3.73. The summed E-state index contributed by atoms with van der Waals surface area (Å²) in [6.45, 7) is 4.76. The Hall–Kier alpha value is -1.26. The van der Waals surface area contributed by atoms with Gasteiger partial charge in [-0.3, -0.25) is 0 Å². The molecule has 110 valence electrons. The third-order valence-electron chi connectivity index (χ3n) is 3.73. The van der Waals surface area contributed by atoms with Crippen molar-refractivity contribution in [1.29, 1.82) is 0 Å². The molecule has 0 spiro atoms. The minimum absolute atomic E-state index is 0.357. The van der Waals surface area contributed by atoms with Gasteiger partial charge in [-0.25, -0.2) is 9.59 Å². The summed E-state index contributed by atoms with van der Waals surface area (Å²) in [7, 11) is 0. The van der Waals surface area contributed by atoms with Gasteiger partial charge in [0.05, 0.1) is 0 Å². The lowest BCUT2D eigenvalue weighted by Crippen LogP contribution is -2.57. The van der Waals surface area contributed by atoms with Gasteiger partial charge in [0.2, 0.25) is 0 Å². The first kappa shape index (κ1) is 15.8.